The van der Waals surface area contributed by atoms with Crippen LogP contribution in [0.4, 0.5) is 0 Å². The second-order valence-electron chi connectivity index (χ2n) is 4.65. The Balaban J connectivity index is 1.71. The van der Waals surface area contributed by atoms with Gasteiger partial charge in [0, 0.05) is 5.75 Å². The van der Waals surface area contributed by atoms with Crippen LogP contribution in [0.2, 0.25) is 0 Å². The van der Waals surface area contributed by atoms with E-state index in [4.69, 9.17) is 5.11 Å². The van der Waals surface area contributed by atoms with E-state index in [-0.39, 0.29) is 0 Å². The second kappa shape index (κ2) is 7.75. The molecule has 0 aliphatic heterocycles. The topological polar surface area (TPSA) is 37.3 Å². The Morgan fingerprint density at radius 1 is 1.00 bits per heavy atom. The van der Waals surface area contributed by atoms with E-state index in [0.29, 0.717) is 5.56 Å². The van der Waals surface area contributed by atoms with Gasteiger partial charge in [-0.15, -0.1) is 0 Å². The van der Waals surface area contributed by atoms with Crippen molar-refractivity contribution in [3.8, 4) is 0 Å². The number of aromatic carboxylic acids is 1. The molecule has 0 spiro atoms. The highest BCUT2D eigenvalue weighted by molar-refractivity contribution is 7.98. The Bertz CT molecular complexity index is 552. The van der Waals surface area contributed by atoms with E-state index in [1.54, 1.807) is 12.1 Å². The van der Waals surface area contributed by atoms with Crippen LogP contribution < -0.4 is 0 Å². The molecule has 2 aromatic carbocycles. The second-order valence-corrected chi connectivity index (χ2v) is 5.75. The Morgan fingerprint density at radius 3 is 2.50 bits per heavy atom. The normalized spacial score (nSPS) is 10.4. The number of carboxylic acids is 1. The van der Waals surface area contributed by atoms with Crippen LogP contribution in [0.25, 0.3) is 0 Å². The van der Waals surface area contributed by atoms with Gasteiger partial charge in [-0.05, 0) is 41.9 Å². The summed E-state index contributed by atoms with van der Waals surface area (Å²) < 4.78 is 0. The molecule has 1 N–H and O–H groups in total. The first-order valence-corrected chi connectivity index (χ1v) is 7.85. The molecule has 0 heterocycles. The molecule has 0 aliphatic carbocycles. The summed E-state index contributed by atoms with van der Waals surface area (Å²) in [5, 5.41) is 8.94. The first-order valence-electron chi connectivity index (χ1n) is 6.69. The molecular weight excluding hydrogens is 268 g/mol. The number of aryl methyl sites for hydroxylation is 1. The van der Waals surface area contributed by atoms with E-state index in [1.165, 1.54) is 5.56 Å². The highest BCUT2D eigenvalue weighted by atomic mass is 32.2. The number of rotatable bonds is 7. The van der Waals surface area contributed by atoms with Crippen molar-refractivity contribution >= 4 is 17.7 Å². The molecule has 0 bridgehead atoms. The lowest BCUT2D eigenvalue weighted by molar-refractivity contribution is 0.0697. The predicted molar refractivity (Wildman–Crippen MR) is 84.3 cm³/mol. The summed E-state index contributed by atoms with van der Waals surface area (Å²) >= 11 is 1.85. The molecule has 104 valence electrons. The van der Waals surface area contributed by atoms with Gasteiger partial charge in [0.05, 0.1) is 5.56 Å². The molecule has 2 rings (SSSR count). The molecule has 0 aromatic heterocycles. The number of hydrogen-bond donors (Lipinski definition) is 1. The monoisotopic (exact) mass is 286 g/mol. The molecule has 0 unspecified atom stereocenters. The van der Waals surface area contributed by atoms with Crippen molar-refractivity contribution in [1.29, 1.82) is 0 Å². The van der Waals surface area contributed by atoms with Crippen molar-refractivity contribution < 1.29 is 9.90 Å². The largest absolute Gasteiger partial charge is 0.478 e. The molecule has 0 fully saturated rings. The highest BCUT2D eigenvalue weighted by Gasteiger charge is 2.03. The molecule has 2 aromatic rings. The van der Waals surface area contributed by atoms with Gasteiger partial charge < -0.3 is 5.11 Å². The summed E-state index contributed by atoms with van der Waals surface area (Å²) in [4.78, 5) is 10.9. The van der Waals surface area contributed by atoms with Crippen LogP contribution in [-0.2, 0) is 12.2 Å². The zero-order valence-electron chi connectivity index (χ0n) is 11.3. The van der Waals surface area contributed by atoms with Crippen LogP contribution in [-0.4, -0.2) is 16.8 Å². The number of thioether (sulfide) groups is 1. The maximum atomic E-state index is 10.9. The maximum Gasteiger partial charge on any atom is 0.335 e. The number of carbonyl (C=O) groups is 1. The average molecular weight is 286 g/mol. The minimum atomic E-state index is -0.860. The lowest BCUT2D eigenvalue weighted by atomic mass is 10.1. The van der Waals surface area contributed by atoms with Gasteiger partial charge >= 0.3 is 5.97 Å². The summed E-state index contributed by atoms with van der Waals surface area (Å²) in [7, 11) is 0. The van der Waals surface area contributed by atoms with E-state index < -0.39 is 5.97 Å². The lowest BCUT2D eigenvalue weighted by Gasteiger charge is -2.04. The van der Waals surface area contributed by atoms with Crippen LogP contribution in [0.3, 0.4) is 0 Å². The Morgan fingerprint density at radius 2 is 1.75 bits per heavy atom. The van der Waals surface area contributed by atoms with Gasteiger partial charge in [-0.1, -0.05) is 42.5 Å². The first kappa shape index (κ1) is 14.7. The van der Waals surface area contributed by atoms with E-state index in [2.05, 4.69) is 24.3 Å². The van der Waals surface area contributed by atoms with E-state index in [0.717, 1.165) is 29.9 Å². The van der Waals surface area contributed by atoms with Crippen molar-refractivity contribution in [3.63, 3.8) is 0 Å². The fourth-order valence-corrected chi connectivity index (χ4v) is 2.92. The Kier molecular flexibility index (Phi) is 5.69. The van der Waals surface area contributed by atoms with Crippen LogP contribution in [0.15, 0.2) is 54.6 Å². The van der Waals surface area contributed by atoms with Crippen LogP contribution in [0.5, 0.6) is 0 Å². The number of benzene rings is 2. The molecule has 0 saturated heterocycles. The van der Waals surface area contributed by atoms with Gasteiger partial charge in [0.15, 0.2) is 0 Å². The fraction of sp³-hybridized carbons (Fsp3) is 0.235. The smallest absolute Gasteiger partial charge is 0.335 e. The van der Waals surface area contributed by atoms with Gasteiger partial charge in [-0.3, -0.25) is 0 Å². The van der Waals surface area contributed by atoms with Crippen molar-refractivity contribution in [2.75, 3.05) is 5.75 Å². The predicted octanol–water partition coefficient (Wildman–Crippen LogP) is 4.25. The van der Waals surface area contributed by atoms with Crippen LogP contribution >= 0.6 is 11.8 Å². The third-order valence-electron chi connectivity index (χ3n) is 3.04. The van der Waals surface area contributed by atoms with E-state index >= 15 is 0 Å². The summed E-state index contributed by atoms with van der Waals surface area (Å²) in [6.45, 7) is 0. The summed E-state index contributed by atoms with van der Waals surface area (Å²) in [5.41, 5.74) is 2.82. The molecular formula is C17H18O2S. The third-order valence-corrected chi connectivity index (χ3v) is 4.15. The maximum absolute atomic E-state index is 10.9. The fourth-order valence-electron chi connectivity index (χ4n) is 2.01. The molecule has 2 nitrogen and oxygen atoms in total. The van der Waals surface area contributed by atoms with Crippen molar-refractivity contribution in [2.24, 2.45) is 0 Å². The molecule has 0 saturated carbocycles. The molecule has 0 atom stereocenters. The zero-order chi connectivity index (χ0) is 14.2. The van der Waals surface area contributed by atoms with Crippen LogP contribution in [0.1, 0.15) is 27.9 Å². The Hall–Kier alpha value is -1.74. The first-order chi connectivity index (χ1) is 9.75. The van der Waals surface area contributed by atoms with Gasteiger partial charge in [-0.25, -0.2) is 4.79 Å². The van der Waals surface area contributed by atoms with Gasteiger partial charge in [0.2, 0.25) is 0 Å². The van der Waals surface area contributed by atoms with Crippen molar-refractivity contribution in [2.45, 2.75) is 18.6 Å². The van der Waals surface area contributed by atoms with Crippen LogP contribution in [0, 0.1) is 0 Å². The molecule has 3 heteroatoms. The van der Waals surface area contributed by atoms with E-state index in [1.807, 2.05) is 30.0 Å². The summed E-state index contributed by atoms with van der Waals surface area (Å²) in [5.74, 6) is 1.10. The standard InChI is InChI=1S/C17H18O2S/c18-17(19)16-10-4-8-15(12-16)13-20-11-5-9-14-6-2-1-3-7-14/h1-4,6-8,10,12H,5,9,11,13H2,(H,18,19). The van der Waals surface area contributed by atoms with Gasteiger partial charge in [-0.2, -0.15) is 11.8 Å². The summed E-state index contributed by atoms with van der Waals surface area (Å²) in [6.07, 6.45) is 2.25. The minimum absolute atomic E-state index is 0.368. The third kappa shape index (κ3) is 4.74. The van der Waals surface area contributed by atoms with E-state index in [9.17, 15) is 4.79 Å². The van der Waals surface area contributed by atoms with Gasteiger partial charge in [0.1, 0.15) is 0 Å². The lowest BCUT2D eigenvalue weighted by Crippen LogP contribution is -1.96. The number of hydrogen-bond acceptors (Lipinski definition) is 2. The van der Waals surface area contributed by atoms with Crippen molar-refractivity contribution in [3.05, 3.63) is 71.3 Å². The average Bonchev–Trinajstić information content (AvgIpc) is 2.48. The highest BCUT2D eigenvalue weighted by Crippen LogP contribution is 2.16. The number of carboxylic acid groups (broad SMARTS) is 1. The quantitative estimate of drug-likeness (QED) is 0.773. The molecule has 0 aliphatic rings. The zero-order valence-corrected chi connectivity index (χ0v) is 12.1. The SMILES string of the molecule is O=C(O)c1cccc(CSCCCc2ccccc2)c1. The minimum Gasteiger partial charge on any atom is -0.478 e. The van der Waals surface area contributed by atoms with Crippen molar-refractivity contribution in [1.82, 2.24) is 0 Å². The Labute approximate surface area is 123 Å². The van der Waals surface area contributed by atoms with Gasteiger partial charge in [0.25, 0.3) is 0 Å². The summed E-state index contributed by atoms with van der Waals surface area (Å²) in [6, 6.07) is 17.7. The molecule has 0 radical (unpaired) electrons. The molecule has 0 amide bonds. The molecule has 20 heavy (non-hydrogen) atoms.